The van der Waals surface area contributed by atoms with Gasteiger partial charge in [0.2, 0.25) is 5.91 Å². The Labute approximate surface area is 134 Å². The molecule has 20 heavy (non-hydrogen) atoms. The highest BCUT2D eigenvalue weighted by Gasteiger charge is 2.14. The maximum Gasteiger partial charge on any atom is 0.230 e. The minimum atomic E-state index is 0.192. The first-order valence-corrected chi connectivity index (χ1v) is 9.30. The number of carbonyl (C=O) groups is 1. The molecule has 0 heterocycles. The first-order valence-electron chi connectivity index (χ1n) is 7.35. The largest absolute Gasteiger partial charge is 0.353 e. The molecule has 0 radical (unpaired) electrons. The van der Waals surface area contributed by atoms with Gasteiger partial charge in [-0.15, -0.1) is 11.8 Å². The molecule has 1 N–H and O–H groups in total. The van der Waals surface area contributed by atoms with Crippen molar-refractivity contribution >= 4 is 33.6 Å². The van der Waals surface area contributed by atoms with Gasteiger partial charge in [0.05, 0.1) is 5.75 Å². The van der Waals surface area contributed by atoms with Crippen LogP contribution in [0.25, 0.3) is 0 Å². The maximum absolute atomic E-state index is 11.9. The molecular weight excluding hydrogens is 334 g/mol. The molecule has 0 aliphatic heterocycles. The lowest BCUT2D eigenvalue weighted by atomic mass is 10.1. The highest BCUT2D eigenvalue weighted by molar-refractivity contribution is 9.10. The fourth-order valence-corrected chi connectivity index (χ4v) is 3.81. The van der Waals surface area contributed by atoms with Crippen molar-refractivity contribution in [1.82, 2.24) is 5.32 Å². The summed E-state index contributed by atoms with van der Waals surface area (Å²) in [4.78, 5) is 11.9. The van der Waals surface area contributed by atoms with Crippen molar-refractivity contribution in [3.05, 3.63) is 34.3 Å². The summed E-state index contributed by atoms with van der Waals surface area (Å²) in [5.74, 6) is 1.64. The van der Waals surface area contributed by atoms with Gasteiger partial charge in [0.1, 0.15) is 0 Å². The van der Waals surface area contributed by atoms with E-state index in [0.717, 1.165) is 23.1 Å². The summed E-state index contributed by atoms with van der Waals surface area (Å²) in [5.41, 5.74) is 1.26. The predicted octanol–water partition coefficient (Wildman–Crippen LogP) is 4.52. The van der Waals surface area contributed by atoms with E-state index in [1.165, 1.54) is 31.2 Å². The van der Waals surface area contributed by atoms with E-state index in [1.807, 2.05) is 12.1 Å². The SMILES string of the molecule is O=C(CSCc1cccc(Br)c1)NC1CCCCCC1. The molecule has 1 amide bonds. The number of thioether (sulfide) groups is 1. The molecule has 0 atom stereocenters. The molecule has 0 bridgehead atoms. The van der Waals surface area contributed by atoms with E-state index in [-0.39, 0.29) is 5.91 Å². The van der Waals surface area contributed by atoms with Gasteiger partial charge >= 0.3 is 0 Å². The molecule has 0 unspecified atom stereocenters. The zero-order valence-electron chi connectivity index (χ0n) is 11.7. The van der Waals surface area contributed by atoms with Crippen LogP contribution in [0.3, 0.4) is 0 Å². The third kappa shape index (κ3) is 5.88. The van der Waals surface area contributed by atoms with Gasteiger partial charge in [-0.05, 0) is 30.5 Å². The quantitative estimate of drug-likeness (QED) is 0.786. The smallest absolute Gasteiger partial charge is 0.230 e. The van der Waals surface area contributed by atoms with Gasteiger partial charge in [0, 0.05) is 16.3 Å². The minimum absolute atomic E-state index is 0.192. The first kappa shape index (κ1) is 15.9. The van der Waals surface area contributed by atoms with Crippen LogP contribution < -0.4 is 5.32 Å². The number of carbonyl (C=O) groups excluding carboxylic acids is 1. The van der Waals surface area contributed by atoms with Gasteiger partial charge in [-0.25, -0.2) is 0 Å². The van der Waals surface area contributed by atoms with Crippen LogP contribution in [0.5, 0.6) is 0 Å². The summed E-state index contributed by atoms with van der Waals surface area (Å²) in [7, 11) is 0. The van der Waals surface area contributed by atoms with Crippen LogP contribution in [0, 0.1) is 0 Å². The summed E-state index contributed by atoms with van der Waals surface area (Å²) in [5, 5.41) is 3.19. The molecule has 0 spiro atoms. The van der Waals surface area contributed by atoms with Gasteiger partial charge in [-0.3, -0.25) is 4.79 Å². The highest BCUT2D eigenvalue weighted by atomic mass is 79.9. The topological polar surface area (TPSA) is 29.1 Å². The molecule has 0 aromatic heterocycles. The third-order valence-corrected chi connectivity index (χ3v) is 5.11. The van der Waals surface area contributed by atoms with E-state index in [9.17, 15) is 4.79 Å². The predicted molar refractivity (Wildman–Crippen MR) is 89.9 cm³/mol. The second-order valence-corrected chi connectivity index (χ2v) is 7.28. The molecule has 1 aliphatic rings. The molecular formula is C16H22BrNOS. The summed E-state index contributed by atoms with van der Waals surface area (Å²) in [6.45, 7) is 0. The highest BCUT2D eigenvalue weighted by Crippen LogP contribution is 2.19. The van der Waals surface area contributed by atoms with Crippen LogP contribution in [0.4, 0.5) is 0 Å². The van der Waals surface area contributed by atoms with Gasteiger partial charge in [0.25, 0.3) is 0 Å². The van der Waals surface area contributed by atoms with Crippen molar-refractivity contribution in [3.63, 3.8) is 0 Å². The Morgan fingerprint density at radius 2 is 2.00 bits per heavy atom. The van der Waals surface area contributed by atoms with Gasteiger partial charge in [-0.2, -0.15) is 0 Å². The van der Waals surface area contributed by atoms with Crippen molar-refractivity contribution in [1.29, 1.82) is 0 Å². The first-order chi connectivity index (χ1) is 9.74. The Kier molecular flexibility index (Phi) is 6.94. The summed E-state index contributed by atoms with van der Waals surface area (Å²) in [6, 6.07) is 8.67. The average molecular weight is 356 g/mol. The standard InChI is InChI=1S/C16H22BrNOS/c17-14-7-5-6-13(10-14)11-20-12-16(19)18-15-8-3-1-2-4-9-15/h5-7,10,15H,1-4,8-9,11-12H2,(H,18,19). The number of benzene rings is 1. The minimum Gasteiger partial charge on any atom is -0.353 e. The van der Waals surface area contributed by atoms with Crippen LogP contribution >= 0.6 is 27.7 Å². The zero-order valence-corrected chi connectivity index (χ0v) is 14.1. The Bertz CT molecular complexity index is 430. The lowest BCUT2D eigenvalue weighted by Crippen LogP contribution is -2.35. The number of hydrogen-bond donors (Lipinski definition) is 1. The third-order valence-electron chi connectivity index (χ3n) is 3.61. The van der Waals surface area contributed by atoms with E-state index >= 15 is 0 Å². The number of hydrogen-bond acceptors (Lipinski definition) is 2. The Hall–Kier alpha value is -0.480. The molecule has 1 fully saturated rings. The molecule has 2 nitrogen and oxygen atoms in total. The number of halogens is 1. The zero-order chi connectivity index (χ0) is 14.2. The van der Waals surface area contributed by atoms with Crippen molar-refractivity contribution in [2.24, 2.45) is 0 Å². The summed E-state index contributed by atoms with van der Waals surface area (Å²) >= 11 is 5.15. The average Bonchev–Trinajstić information content (AvgIpc) is 2.67. The number of nitrogens with one attached hydrogen (secondary N) is 1. The van der Waals surface area contributed by atoms with Crippen molar-refractivity contribution in [2.45, 2.75) is 50.3 Å². The molecule has 2 rings (SSSR count). The monoisotopic (exact) mass is 355 g/mol. The molecule has 1 aliphatic carbocycles. The normalized spacial score (nSPS) is 16.6. The summed E-state index contributed by atoms with van der Waals surface area (Å²) < 4.78 is 1.10. The Balaban J connectivity index is 1.67. The fraction of sp³-hybridized carbons (Fsp3) is 0.562. The van der Waals surface area contributed by atoms with Crippen molar-refractivity contribution < 1.29 is 4.79 Å². The second-order valence-electron chi connectivity index (χ2n) is 5.38. The van der Waals surface area contributed by atoms with Crippen LogP contribution in [-0.2, 0) is 10.5 Å². The van der Waals surface area contributed by atoms with Crippen LogP contribution in [-0.4, -0.2) is 17.7 Å². The number of rotatable bonds is 5. The number of amides is 1. The van der Waals surface area contributed by atoms with E-state index < -0.39 is 0 Å². The van der Waals surface area contributed by atoms with Gasteiger partial charge in [0.15, 0.2) is 0 Å². The second kappa shape index (κ2) is 8.73. The van der Waals surface area contributed by atoms with Crippen molar-refractivity contribution in [3.8, 4) is 0 Å². The van der Waals surface area contributed by atoms with E-state index in [0.29, 0.717) is 11.8 Å². The van der Waals surface area contributed by atoms with Crippen molar-refractivity contribution in [2.75, 3.05) is 5.75 Å². The molecule has 1 aromatic rings. The van der Waals surface area contributed by atoms with Gasteiger partial charge < -0.3 is 5.32 Å². The molecule has 0 saturated heterocycles. The Morgan fingerprint density at radius 3 is 2.70 bits per heavy atom. The molecule has 1 saturated carbocycles. The maximum atomic E-state index is 11.9. The molecule has 1 aromatic carbocycles. The molecule has 110 valence electrons. The van der Waals surface area contributed by atoms with E-state index in [2.05, 4.69) is 33.4 Å². The lowest BCUT2D eigenvalue weighted by Gasteiger charge is -2.15. The molecule has 4 heteroatoms. The van der Waals surface area contributed by atoms with Crippen LogP contribution in [0.2, 0.25) is 0 Å². The Morgan fingerprint density at radius 1 is 1.25 bits per heavy atom. The van der Waals surface area contributed by atoms with Crippen LogP contribution in [0.1, 0.15) is 44.1 Å². The summed E-state index contributed by atoms with van der Waals surface area (Å²) in [6.07, 6.45) is 7.48. The fourth-order valence-electron chi connectivity index (χ4n) is 2.58. The lowest BCUT2D eigenvalue weighted by molar-refractivity contribution is -0.119. The van der Waals surface area contributed by atoms with Gasteiger partial charge in [-0.1, -0.05) is 53.7 Å². The van der Waals surface area contributed by atoms with E-state index in [1.54, 1.807) is 11.8 Å². The van der Waals surface area contributed by atoms with Crippen LogP contribution in [0.15, 0.2) is 28.7 Å². The van der Waals surface area contributed by atoms with E-state index in [4.69, 9.17) is 0 Å².